The molecule has 0 aromatic heterocycles. The molecule has 0 N–H and O–H groups in total. The van der Waals surface area contributed by atoms with Gasteiger partial charge in [0.25, 0.3) is 0 Å². The van der Waals surface area contributed by atoms with Gasteiger partial charge in [0.05, 0.1) is 0 Å². The molecule has 3 nitrogen and oxygen atoms in total. The first-order valence-electron chi connectivity index (χ1n) is 7.16. The van der Waals surface area contributed by atoms with Crippen molar-refractivity contribution in [2.75, 3.05) is 32.7 Å². The van der Waals surface area contributed by atoms with Gasteiger partial charge in [-0.2, -0.15) is 0 Å². The Labute approximate surface area is 105 Å². The van der Waals surface area contributed by atoms with E-state index in [1.807, 2.05) is 0 Å². The summed E-state index contributed by atoms with van der Waals surface area (Å²) in [5.74, 6) is 0.858. The maximum Gasteiger partial charge on any atom is 0.137 e. The first-order chi connectivity index (χ1) is 8.16. The lowest BCUT2D eigenvalue weighted by Gasteiger charge is -2.38. The summed E-state index contributed by atoms with van der Waals surface area (Å²) >= 11 is 0. The molecule has 1 aliphatic carbocycles. The number of Topliss-reactive ketones (excluding diaryl/α,β-unsaturated/α-hetero) is 1. The standard InChI is InChI=1S/C14H26N2O/c1-12(2)16-9-7-15(8-10-16)11-13-5-3-4-6-14(13)17/h12-13H,3-11H2,1-2H3. The van der Waals surface area contributed by atoms with Gasteiger partial charge in [0.2, 0.25) is 0 Å². The minimum absolute atomic E-state index is 0.342. The number of ketones is 1. The number of piperazine rings is 1. The van der Waals surface area contributed by atoms with Crippen LogP contribution in [0.2, 0.25) is 0 Å². The van der Waals surface area contributed by atoms with Gasteiger partial charge in [-0.15, -0.1) is 0 Å². The van der Waals surface area contributed by atoms with Crippen LogP contribution in [0.3, 0.4) is 0 Å². The Bertz CT molecular complexity index is 257. The van der Waals surface area contributed by atoms with Crippen molar-refractivity contribution in [3.63, 3.8) is 0 Å². The zero-order valence-corrected chi connectivity index (χ0v) is 11.3. The van der Waals surface area contributed by atoms with Crippen molar-refractivity contribution in [2.24, 2.45) is 5.92 Å². The molecule has 98 valence electrons. The molecule has 0 bridgehead atoms. The maximum atomic E-state index is 11.8. The van der Waals surface area contributed by atoms with E-state index in [4.69, 9.17) is 0 Å². The minimum Gasteiger partial charge on any atom is -0.300 e. The van der Waals surface area contributed by atoms with Crippen molar-refractivity contribution in [1.29, 1.82) is 0 Å². The molecule has 1 aliphatic heterocycles. The predicted octanol–water partition coefficient (Wildman–Crippen LogP) is 1.77. The fraction of sp³-hybridized carbons (Fsp3) is 0.929. The van der Waals surface area contributed by atoms with Crippen LogP contribution < -0.4 is 0 Å². The van der Waals surface area contributed by atoms with Crippen molar-refractivity contribution in [1.82, 2.24) is 9.80 Å². The van der Waals surface area contributed by atoms with Crippen molar-refractivity contribution in [3.8, 4) is 0 Å². The van der Waals surface area contributed by atoms with Crippen molar-refractivity contribution >= 4 is 5.78 Å². The molecule has 2 aliphatic rings. The Kier molecular flexibility index (Phi) is 4.57. The highest BCUT2D eigenvalue weighted by Gasteiger charge is 2.26. The molecular weight excluding hydrogens is 212 g/mol. The van der Waals surface area contributed by atoms with Gasteiger partial charge in [0.15, 0.2) is 0 Å². The van der Waals surface area contributed by atoms with E-state index >= 15 is 0 Å². The molecule has 1 saturated heterocycles. The monoisotopic (exact) mass is 238 g/mol. The van der Waals surface area contributed by atoms with E-state index in [1.165, 1.54) is 19.5 Å². The van der Waals surface area contributed by atoms with E-state index in [0.717, 1.165) is 38.9 Å². The van der Waals surface area contributed by atoms with Crippen molar-refractivity contribution in [2.45, 2.75) is 45.6 Å². The molecule has 1 atom stereocenters. The third kappa shape index (κ3) is 3.52. The molecule has 3 heteroatoms. The lowest BCUT2D eigenvalue weighted by Crippen LogP contribution is -2.50. The van der Waals surface area contributed by atoms with Crippen molar-refractivity contribution in [3.05, 3.63) is 0 Å². The largest absolute Gasteiger partial charge is 0.300 e. The highest BCUT2D eigenvalue weighted by Crippen LogP contribution is 2.22. The molecule has 17 heavy (non-hydrogen) atoms. The van der Waals surface area contributed by atoms with Gasteiger partial charge in [-0.05, 0) is 26.7 Å². The third-order valence-corrected chi connectivity index (χ3v) is 4.30. The first kappa shape index (κ1) is 13.0. The summed E-state index contributed by atoms with van der Waals surface area (Å²) in [6, 6.07) is 0.661. The molecule has 1 heterocycles. The summed E-state index contributed by atoms with van der Waals surface area (Å²) in [7, 11) is 0. The molecule has 2 rings (SSSR count). The Balaban J connectivity index is 1.75. The molecule has 2 fully saturated rings. The number of hydrogen-bond acceptors (Lipinski definition) is 3. The summed E-state index contributed by atoms with van der Waals surface area (Å²) in [6.45, 7) is 10.2. The fourth-order valence-electron chi connectivity index (χ4n) is 3.02. The van der Waals surface area contributed by atoms with Crippen LogP contribution in [0.4, 0.5) is 0 Å². The highest BCUT2D eigenvalue weighted by atomic mass is 16.1. The van der Waals surface area contributed by atoms with Gasteiger partial charge < -0.3 is 4.90 Å². The van der Waals surface area contributed by atoms with Crippen LogP contribution in [0.15, 0.2) is 0 Å². The first-order valence-corrected chi connectivity index (χ1v) is 7.16. The second-order valence-corrected chi connectivity index (χ2v) is 5.84. The molecule has 0 aromatic rings. The Morgan fingerprint density at radius 3 is 2.47 bits per heavy atom. The second kappa shape index (κ2) is 5.96. The topological polar surface area (TPSA) is 23.6 Å². The van der Waals surface area contributed by atoms with E-state index in [2.05, 4.69) is 23.6 Å². The van der Waals surface area contributed by atoms with Gasteiger partial charge in [0, 0.05) is 51.1 Å². The molecule has 1 saturated carbocycles. The average Bonchev–Trinajstić information content (AvgIpc) is 2.33. The van der Waals surface area contributed by atoms with Gasteiger partial charge in [-0.1, -0.05) is 6.42 Å². The van der Waals surface area contributed by atoms with Crippen LogP contribution >= 0.6 is 0 Å². The number of carbonyl (C=O) groups is 1. The molecular formula is C14H26N2O. The zero-order chi connectivity index (χ0) is 12.3. The Morgan fingerprint density at radius 2 is 1.88 bits per heavy atom. The van der Waals surface area contributed by atoms with E-state index in [-0.39, 0.29) is 0 Å². The number of carbonyl (C=O) groups excluding carboxylic acids is 1. The van der Waals surface area contributed by atoms with Crippen LogP contribution in [-0.2, 0) is 4.79 Å². The summed E-state index contributed by atoms with van der Waals surface area (Å²) < 4.78 is 0. The molecule has 0 spiro atoms. The number of hydrogen-bond donors (Lipinski definition) is 0. The Morgan fingerprint density at radius 1 is 1.18 bits per heavy atom. The molecule has 0 aromatic carbocycles. The summed E-state index contributed by atoms with van der Waals surface area (Å²) in [5, 5.41) is 0. The van der Waals surface area contributed by atoms with Crippen LogP contribution in [0.25, 0.3) is 0 Å². The van der Waals surface area contributed by atoms with Crippen molar-refractivity contribution < 1.29 is 4.79 Å². The SMILES string of the molecule is CC(C)N1CCN(CC2CCCCC2=O)CC1. The predicted molar refractivity (Wildman–Crippen MR) is 70.1 cm³/mol. The maximum absolute atomic E-state index is 11.8. The highest BCUT2D eigenvalue weighted by molar-refractivity contribution is 5.81. The van der Waals surface area contributed by atoms with E-state index in [0.29, 0.717) is 17.7 Å². The number of rotatable bonds is 3. The lowest BCUT2D eigenvalue weighted by atomic mass is 9.87. The zero-order valence-electron chi connectivity index (χ0n) is 11.3. The van der Waals surface area contributed by atoms with Crippen LogP contribution in [0.5, 0.6) is 0 Å². The van der Waals surface area contributed by atoms with Gasteiger partial charge in [0.1, 0.15) is 5.78 Å². The normalized spacial score (nSPS) is 28.9. The van der Waals surface area contributed by atoms with Gasteiger partial charge in [-0.3, -0.25) is 9.69 Å². The van der Waals surface area contributed by atoms with E-state index in [1.54, 1.807) is 0 Å². The van der Waals surface area contributed by atoms with E-state index < -0.39 is 0 Å². The summed E-state index contributed by atoms with van der Waals surface area (Å²) in [5.41, 5.74) is 0. The average molecular weight is 238 g/mol. The molecule has 0 amide bonds. The molecule has 1 unspecified atom stereocenters. The quantitative estimate of drug-likeness (QED) is 0.748. The van der Waals surface area contributed by atoms with E-state index in [9.17, 15) is 4.79 Å². The smallest absolute Gasteiger partial charge is 0.137 e. The third-order valence-electron chi connectivity index (χ3n) is 4.30. The van der Waals surface area contributed by atoms with Crippen LogP contribution in [0.1, 0.15) is 39.5 Å². The number of nitrogens with zero attached hydrogens (tertiary/aromatic N) is 2. The van der Waals surface area contributed by atoms with Gasteiger partial charge in [-0.25, -0.2) is 0 Å². The fourth-order valence-corrected chi connectivity index (χ4v) is 3.02. The lowest BCUT2D eigenvalue weighted by molar-refractivity contribution is -0.125. The Hall–Kier alpha value is -0.410. The summed E-state index contributed by atoms with van der Waals surface area (Å²) in [6.07, 6.45) is 4.33. The second-order valence-electron chi connectivity index (χ2n) is 5.84. The van der Waals surface area contributed by atoms with Crippen LogP contribution in [-0.4, -0.2) is 54.3 Å². The summed E-state index contributed by atoms with van der Waals surface area (Å²) in [4.78, 5) is 16.8. The minimum atomic E-state index is 0.342. The van der Waals surface area contributed by atoms with Crippen LogP contribution in [0, 0.1) is 5.92 Å². The molecule has 0 radical (unpaired) electrons. The van der Waals surface area contributed by atoms with Gasteiger partial charge >= 0.3 is 0 Å².